The van der Waals surface area contributed by atoms with Gasteiger partial charge in [-0.2, -0.15) is 0 Å². The van der Waals surface area contributed by atoms with Crippen LogP contribution in [-0.4, -0.2) is 44.4 Å². The fraction of sp³-hybridized carbons (Fsp3) is 0.533. The maximum Gasteiger partial charge on any atom is 0.164 e. The van der Waals surface area contributed by atoms with Crippen LogP contribution in [0.3, 0.4) is 0 Å². The topological polar surface area (TPSA) is 23.6 Å². The highest BCUT2D eigenvalue weighted by Gasteiger charge is 2.23. The summed E-state index contributed by atoms with van der Waals surface area (Å²) >= 11 is 0. The number of halogens is 1. The minimum Gasteiger partial charge on any atom is -0.374 e. The lowest BCUT2D eigenvalue weighted by Gasteiger charge is -2.25. The average Bonchev–Trinajstić information content (AvgIpc) is 2.73. The van der Waals surface area contributed by atoms with E-state index in [-0.39, 0.29) is 11.3 Å². The summed E-state index contributed by atoms with van der Waals surface area (Å²) in [5.41, 5.74) is 0.901. The summed E-state index contributed by atoms with van der Waals surface area (Å²) in [6, 6.07) is 4.82. The van der Waals surface area contributed by atoms with Gasteiger partial charge in [-0.3, -0.25) is 4.79 Å². The molecule has 1 aromatic rings. The standard InChI is InChI=1S/C15H21FN2O/c1-11(19)15-13(16)5-4-6-14(15)18(3)10-12-7-8-17(2)9-12/h4-6,12H,7-10H2,1-3H3. The van der Waals surface area contributed by atoms with Gasteiger partial charge >= 0.3 is 0 Å². The van der Waals surface area contributed by atoms with Crippen molar-refractivity contribution in [3.05, 3.63) is 29.6 Å². The molecule has 104 valence electrons. The molecule has 0 bridgehead atoms. The van der Waals surface area contributed by atoms with Crippen LogP contribution in [0.1, 0.15) is 23.7 Å². The quantitative estimate of drug-likeness (QED) is 0.780. The molecule has 1 saturated heterocycles. The van der Waals surface area contributed by atoms with E-state index in [4.69, 9.17) is 0 Å². The molecule has 3 nitrogen and oxygen atoms in total. The van der Waals surface area contributed by atoms with Gasteiger partial charge in [0, 0.05) is 20.1 Å². The van der Waals surface area contributed by atoms with Crippen LogP contribution in [0.5, 0.6) is 0 Å². The maximum absolute atomic E-state index is 13.8. The van der Waals surface area contributed by atoms with Gasteiger partial charge in [0.2, 0.25) is 0 Å². The minimum absolute atomic E-state index is 0.205. The second kappa shape index (κ2) is 5.70. The van der Waals surface area contributed by atoms with Gasteiger partial charge in [0.1, 0.15) is 5.82 Å². The normalized spacial score (nSPS) is 19.7. The first-order valence-corrected chi connectivity index (χ1v) is 6.68. The monoisotopic (exact) mass is 264 g/mol. The van der Waals surface area contributed by atoms with Crippen molar-refractivity contribution in [2.24, 2.45) is 5.92 Å². The zero-order valence-electron chi connectivity index (χ0n) is 11.8. The molecule has 1 aliphatic heterocycles. The molecule has 0 aromatic heterocycles. The molecule has 2 rings (SSSR count). The number of carbonyl (C=O) groups excluding carboxylic acids is 1. The number of hydrogen-bond acceptors (Lipinski definition) is 3. The molecule has 1 aliphatic rings. The molecular formula is C15H21FN2O. The minimum atomic E-state index is -0.430. The van der Waals surface area contributed by atoms with E-state index in [1.807, 2.05) is 18.0 Å². The number of anilines is 1. The van der Waals surface area contributed by atoms with Crippen LogP contribution in [0.4, 0.5) is 10.1 Å². The zero-order valence-corrected chi connectivity index (χ0v) is 11.8. The molecule has 0 N–H and O–H groups in total. The molecule has 1 atom stereocenters. The van der Waals surface area contributed by atoms with Crippen molar-refractivity contribution >= 4 is 11.5 Å². The molecule has 1 unspecified atom stereocenters. The molecule has 19 heavy (non-hydrogen) atoms. The van der Waals surface area contributed by atoms with E-state index in [0.29, 0.717) is 11.6 Å². The van der Waals surface area contributed by atoms with Crippen LogP contribution < -0.4 is 4.90 Å². The predicted molar refractivity (Wildman–Crippen MR) is 75.3 cm³/mol. The lowest BCUT2D eigenvalue weighted by atomic mass is 10.1. The summed E-state index contributed by atoms with van der Waals surface area (Å²) in [6.07, 6.45) is 1.16. The highest BCUT2D eigenvalue weighted by molar-refractivity contribution is 6.00. The molecule has 0 radical (unpaired) electrons. The van der Waals surface area contributed by atoms with Crippen LogP contribution in [0.25, 0.3) is 0 Å². The van der Waals surface area contributed by atoms with Crippen molar-refractivity contribution in [1.82, 2.24) is 4.90 Å². The van der Waals surface area contributed by atoms with Gasteiger partial charge in [0.25, 0.3) is 0 Å². The van der Waals surface area contributed by atoms with E-state index in [9.17, 15) is 9.18 Å². The first-order chi connectivity index (χ1) is 8.99. The largest absolute Gasteiger partial charge is 0.374 e. The van der Waals surface area contributed by atoms with Crippen molar-refractivity contribution in [3.8, 4) is 0 Å². The number of hydrogen-bond donors (Lipinski definition) is 0. The van der Waals surface area contributed by atoms with Gasteiger partial charge in [-0.1, -0.05) is 6.07 Å². The third kappa shape index (κ3) is 3.13. The molecule has 1 fully saturated rings. The summed E-state index contributed by atoms with van der Waals surface area (Å²) < 4.78 is 13.8. The number of Topliss-reactive ketones (excluding diaryl/α,β-unsaturated/α-hetero) is 1. The number of carbonyl (C=O) groups is 1. The van der Waals surface area contributed by atoms with Crippen molar-refractivity contribution in [3.63, 3.8) is 0 Å². The zero-order chi connectivity index (χ0) is 14.0. The van der Waals surface area contributed by atoms with Crippen LogP contribution in [0.2, 0.25) is 0 Å². The Hall–Kier alpha value is -1.42. The van der Waals surface area contributed by atoms with Crippen LogP contribution in [-0.2, 0) is 0 Å². The third-order valence-corrected chi connectivity index (χ3v) is 3.78. The number of rotatable bonds is 4. The van der Waals surface area contributed by atoms with Crippen molar-refractivity contribution in [2.75, 3.05) is 38.6 Å². The summed E-state index contributed by atoms with van der Waals surface area (Å²) in [4.78, 5) is 15.9. The summed E-state index contributed by atoms with van der Waals surface area (Å²) in [7, 11) is 4.04. The van der Waals surface area contributed by atoms with E-state index in [2.05, 4.69) is 11.9 Å². The van der Waals surface area contributed by atoms with Crippen molar-refractivity contribution in [2.45, 2.75) is 13.3 Å². The van der Waals surface area contributed by atoms with E-state index in [1.165, 1.54) is 13.0 Å². The molecule has 0 saturated carbocycles. The highest BCUT2D eigenvalue weighted by atomic mass is 19.1. The van der Waals surface area contributed by atoms with Gasteiger partial charge in [0.05, 0.1) is 11.3 Å². The van der Waals surface area contributed by atoms with E-state index in [1.54, 1.807) is 6.07 Å². The Bertz CT molecular complexity index is 475. The van der Waals surface area contributed by atoms with E-state index >= 15 is 0 Å². The second-order valence-electron chi connectivity index (χ2n) is 5.49. The predicted octanol–water partition coefficient (Wildman–Crippen LogP) is 2.42. The Kier molecular flexibility index (Phi) is 4.20. The molecule has 0 aliphatic carbocycles. The summed E-state index contributed by atoms with van der Waals surface area (Å²) in [5, 5.41) is 0. The smallest absolute Gasteiger partial charge is 0.164 e. The van der Waals surface area contributed by atoms with Crippen LogP contribution >= 0.6 is 0 Å². The van der Waals surface area contributed by atoms with Gasteiger partial charge in [0.15, 0.2) is 5.78 Å². The Morgan fingerprint density at radius 3 is 2.84 bits per heavy atom. The number of benzene rings is 1. The molecular weight excluding hydrogens is 243 g/mol. The average molecular weight is 264 g/mol. The third-order valence-electron chi connectivity index (χ3n) is 3.78. The van der Waals surface area contributed by atoms with E-state index in [0.717, 1.165) is 26.1 Å². The SMILES string of the molecule is CC(=O)c1c(F)cccc1N(C)CC1CCN(C)C1. The van der Waals surface area contributed by atoms with Gasteiger partial charge in [-0.05, 0) is 45.0 Å². The fourth-order valence-electron chi connectivity index (χ4n) is 2.84. The first-order valence-electron chi connectivity index (χ1n) is 6.68. The lowest BCUT2D eigenvalue weighted by molar-refractivity contribution is 0.101. The Labute approximate surface area is 114 Å². The highest BCUT2D eigenvalue weighted by Crippen LogP contribution is 2.25. The Morgan fingerprint density at radius 2 is 2.26 bits per heavy atom. The molecule has 1 heterocycles. The van der Waals surface area contributed by atoms with Gasteiger partial charge in [-0.25, -0.2) is 4.39 Å². The maximum atomic E-state index is 13.8. The summed E-state index contributed by atoms with van der Waals surface area (Å²) in [6.45, 7) is 4.45. The van der Waals surface area contributed by atoms with Crippen LogP contribution in [0, 0.1) is 11.7 Å². The Balaban J connectivity index is 2.17. The Morgan fingerprint density at radius 1 is 1.53 bits per heavy atom. The molecule has 4 heteroatoms. The fourth-order valence-corrected chi connectivity index (χ4v) is 2.84. The number of ketones is 1. The lowest BCUT2D eigenvalue weighted by Crippen LogP contribution is -2.28. The summed E-state index contributed by atoms with van der Waals surface area (Å²) in [5.74, 6) is -0.0676. The van der Waals surface area contributed by atoms with Crippen LogP contribution in [0.15, 0.2) is 18.2 Å². The number of likely N-dealkylation sites (tertiary alicyclic amines) is 1. The van der Waals surface area contributed by atoms with Gasteiger partial charge < -0.3 is 9.80 Å². The molecule has 1 aromatic carbocycles. The van der Waals surface area contributed by atoms with Crippen molar-refractivity contribution < 1.29 is 9.18 Å². The second-order valence-corrected chi connectivity index (χ2v) is 5.49. The van der Waals surface area contributed by atoms with E-state index < -0.39 is 5.82 Å². The molecule has 0 spiro atoms. The van der Waals surface area contributed by atoms with Crippen molar-refractivity contribution in [1.29, 1.82) is 0 Å². The van der Waals surface area contributed by atoms with Gasteiger partial charge in [-0.15, -0.1) is 0 Å². The first kappa shape index (κ1) is 14.0. The molecule has 0 amide bonds. The number of nitrogens with zero attached hydrogens (tertiary/aromatic N) is 2.